The van der Waals surface area contributed by atoms with Crippen LogP contribution in [0.4, 0.5) is 5.69 Å². The second kappa shape index (κ2) is 11.2. The van der Waals surface area contributed by atoms with E-state index in [4.69, 9.17) is 14.2 Å². The molecule has 0 bridgehead atoms. The molecule has 9 nitrogen and oxygen atoms in total. The molecule has 0 saturated heterocycles. The van der Waals surface area contributed by atoms with Crippen molar-refractivity contribution in [1.82, 2.24) is 15.1 Å². The first-order chi connectivity index (χ1) is 16.4. The normalized spacial score (nSPS) is 11.2. The predicted octanol–water partition coefficient (Wildman–Crippen LogP) is 3.50. The highest BCUT2D eigenvalue weighted by molar-refractivity contribution is 6.10. The van der Waals surface area contributed by atoms with Gasteiger partial charge in [0.25, 0.3) is 5.91 Å². The SMILES string of the molecule is COc1cccc(NC(=NCCc2c(C)nn(C)c2C)NC(=O)c2ccc(OC)c(OC)c2)c1. The number of hydrogen-bond donors (Lipinski definition) is 2. The highest BCUT2D eigenvalue weighted by atomic mass is 16.5. The molecule has 0 spiro atoms. The first-order valence-electron chi connectivity index (χ1n) is 10.8. The van der Waals surface area contributed by atoms with Gasteiger partial charge in [-0.05, 0) is 56.2 Å². The Morgan fingerprint density at radius 2 is 1.79 bits per heavy atom. The molecule has 2 aromatic carbocycles. The number of carbonyl (C=O) groups excluding carboxylic acids is 1. The Morgan fingerprint density at radius 1 is 1.03 bits per heavy atom. The molecule has 3 rings (SSSR count). The van der Waals surface area contributed by atoms with Crippen LogP contribution in [-0.2, 0) is 13.5 Å². The number of guanidine groups is 1. The van der Waals surface area contributed by atoms with Crippen LogP contribution in [0.15, 0.2) is 47.5 Å². The number of benzene rings is 2. The van der Waals surface area contributed by atoms with E-state index >= 15 is 0 Å². The van der Waals surface area contributed by atoms with Crippen LogP contribution in [0.3, 0.4) is 0 Å². The summed E-state index contributed by atoms with van der Waals surface area (Å²) in [5.41, 5.74) is 4.38. The smallest absolute Gasteiger partial charge is 0.258 e. The Labute approximate surface area is 199 Å². The number of hydrogen-bond acceptors (Lipinski definition) is 6. The number of anilines is 1. The average molecular weight is 466 g/mol. The number of aromatic nitrogens is 2. The van der Waals surface area contributed by atoms with Crippen molar-refractivity contribution in [1.29, 1.82) is 0 Å². The monoisotopic (exact) mass is 465 g/mol. The van der Waals surface area contributed by atoms with E-state index in [2.05, 4.69) is 20.7 Å². The molecule has 0 fully saturated rings. The summed E-state index contributed by atoms with van der Waals surface area (Å²) in [6.45, 7) is 4.49. The first-order valence-corrected chi connectivity index (χ1v) is 10.8. The highest BCUT2D eigenvalue weighted by Crippen LogP contribution is 2.27. The molecule has 0 atom stereocenters. The zero-order valence-corrected chi connectivity index (χ0v) is 20.4. The van der Waals surface area contributed by atoms with E-state index in [1.165, 1.54) is 7.11 Å². The Hall–Kier alpha value is -4.01. The molecule has 180 valence electrons. The van der Waals surface area contributed by atoms with Crippen molar-refractivity contribution in [2.24, 2.45) is 12.0 Å². The van der Waals surface area contributed by atoms with Crippen molar-refractivity contribution >= 4 is 17.6 Å². The van der Waals surface area contributed by atoms with Crippen LogP contribution in [0.2, 0.25) is 0 Å². The summed E-state index contributed by atoms with van der Waals surface area (Å²) in [6.07, 6.45) is 0.695. The van der Waals surface area contributed by atoms with Crippen molar-refractivity contribution in [2.45, 2.75) is 20.3 Å². The van der Waals surface area contributed by atoms with E-state index in [0.29, 0.717) is 41.7 Å². The summed E-state index contributed by atoms with van der Waals surface area (Å²) in [4.78, 5) is 17.7. The van der Waals surface area contributed by atoms with Crippen LogP contribution >= 0.6 is 0 Å². The lowest BCUT2D eigenvalue weighted by molar-refractivity contribution is 0.0976. The quantitative estimate of drug-likeness (QED) is 0.390. The third kappa shape index (κ3) is 5.86. The summed E-state index contributed by atoms with van der Waals surface area (Å²) in [6, 6.07) is 12.4. The zero-order valence-electron chi connectivity index (χ0n) is 20.4. The Kier molecular flexibility index (Phi) is 8.13. The Balaban J connectivity index is 1.83. The number of nitrogens with zero attached hydrogens (tertiary/aromatic N) is 3. The lowest BCUT2D eigenvalue weighted by atomic mass is 10.1. The van der Waals surface area contributed by atoms with Gasteiger partial charge in [-0.2, -0.15) is 5.10 Å². The fourth-order valence-corrected chi connectivity index (χ4v) is 3.56. The summed E-state index contributed by atoms with van der Waals surface area (Å²) < 4.78 is 17.7. The van der Waals surface area contributed by atoms with Crippen molar-refractivity contribution in [3.05, 3.63) is 65.0 Å². The summed E-state index contributed by atoms with van der Waals surface area (Å²) in [5, 5.41) is 10.5. The van der Waals surface area contributed by atoms with Gasteiger partial charge in [-0.25, -0.2) is 0 Å². The van der Waals surface area contributed by atoms with Gasteiger partial charge in [0.05, 0.1) is 27.0 Å². The minimum absolute atomic E-state index is 0.326. The van der Waals surface area contributed by atoms with E-state index in [-0.39, 0.29) is 5.91 Å². The van der Waals surface area contributed by atoms with Gasteiger partial charge in [0, 0.05) is 36.6 Å². The maximum atomic E-state index is 13.0. The number of ether oxygens (including phenoxy) is 3. The van der Waals surface area contributed by atoms with E-state index in [1.807, 2.05) is 49.8 Å². The van der Waals surface area contributed by atoms with Gasteiger partial charge in [-0.3, -0.25) is 19.8 Å². The van der Waals surface area contributed by atoms with Crippen molar-refractivity contribution < 1.29 is 19.0 Å². The molecule has 34 heavy (non-hydrogen) atoms. The maximum Gasteiger partial charge on any atom is 0.258 e. The molecular formula is C25H31N5O4. The van der Waals surface area contributed by atoms with Crippen LogP contribution in [0.5, 0.6) is 17.2 Å². The van der Waals surface area contributed by atoms with E-state index < -0.39 is 0 Å². The summed E-state index contributed by atoms with van der Waals surface area (Å²) in [5.74, 6) is 1.70. The number of amides is 1. The first kappa shape index (κ1) is 24.6. The summed E-state index contributed by atoms with van der Waals surface area (Å²) >= 11 is 0. The fourth-order valence-electron chi connectivity index (χ4n) is 3.56. The molecule has 0 aliphatic carbocycles. The molecule has 1 amide bonds. The molecule has 1 aromatic heterocycles. The summed E-state index contributed by atoms with van der Waals surface area (Å²) in [7, 11) is 6.60. The number of nitrogens with one attached hydrogen (secondary N) is 2. The Bertz CT molecular complexity index is 1190. The van der Waals surface area contributed by atoms with Gasteiger partial charge in [-0.1, -0.05) is 6.07 Å². The van der Waals surface area contributed by atoms with Gasteiger partial charge in [0.2, 0.25) is 5.96 Å². The third-order valence-electron chi connectivity index (χ3n) is 5.50. The van der Waals surface area contributed by atoms with Crippen LogP contribution < -0.4 is 24.8 Å². The molecule has 0 aliphatic heterocycles. The van der Waals surface area contributed by atoms with Crippen LogP contribution in [0.25, 0.3) is 0 Å². The number of carbonyl (C=O) groups is 1. The zero-order chi connectivity index (χ0) is 24.7. The minimum Gasteiger partial charge on any atom is -0.497 e. The molecule has 0 aliphatic rings. The van der Waals surface area contributed by atoms with Crippen LogP contribution in [0.1, 0.15) is 27.3 Å². The van der Waals surface area contributed by atoms with E-state index in [0.717, 1.165) is 22.6 Å². The van der Waals surface area contributed by atoms with E-state index in [1.54, 1.807) is 32.4 Å². The molecular weight excluding hydrogens is 434 g/mol. The second-order valence-corrected chi connectivity index (χ2v) is 7.63. The van der Waals surface area contributed by atoms with Crippen molar-refractivity contribution in [3.8, 4) is 17.2 Å². The lowest BCUT2D eigenvalue weighted by Crippen LogP contribution is -2.36. The highest BCUT2D eigenvalue weighted by Gasteiger charge is 2.14. The van der Waals surface area contributed by atoms with Gasteiger partial charge in [0.15, 0.2) is 11.5 Å². The molecule has 2 N–H and O–H groups in total. The predicted molar refractivity (Wildman–Crippen MR) is 132 cm³/mol. The van der Waals surface area contributed by atoms with Crippen LogP contribution in [-0.4, -0.2) is 49.5 Å². The van der Waals surface area contributed by atoms with Crippen molar-refractivity contribution in [2.75, 3.05) is 33.2 Å². The van der Waals surface area contributed by atoms with Crippen molar-refractivity contribution in [3.63, 3.8) is 0 Å². The molecule has 9 heteroatoms. The Morgan fingerprint density at radius 3 is 2.44 bits per heavy atom. The van der Waals surface area contributed by atoms with Gasteiger partial charge < -0.3 is 19.5 Å². The minimum atomic E-state index is -0.330. The number of aryl methyl sites for hydroxylation is 2. The average Bonchev–Trinajstić information content (AvgIpc) is 3.09. The molecule has 0 unspecified atom stereocenters. The lowest BCUT2D eigenvalue weighted by Gasteiger charge is -2.14. The molecule has 1 heterocycles. The van der Waals surface area contributed by atoms with Crippen LogP contribution in [0, 0.1) is 13.8 Å². The number of methoxy groups -OCH3 is 3. The standard InChI is InChI=1S/C25H31N5O4/c1-16-21(17(2)30(3)29-16)12-13-26-25(27-19-8-7-9-20(15-19)32-4)28-24(31)18-10-11-22(33-5)23(14-18)34-6/h7-11,14-15H,12-13H2,1-6H3,(H2,26,27,28,31). The van der Waals surface area contributed by atoms with E-state index in [9.17, 15) is 4.79 Å². The van der Waals surface area contributed by atoms with Gasteiger partial charge >= 0.3 is 0 Å². The third-order valence-corrected chi connectivity index (χ3v) is 5.50. The largest absolute Gasteiger partial charge is 0.497 e. The van der Waals surface area contributed by atoms with Gasteiger partial charge in [-0.15, -0.1) is 0 Å². The number of rotatable bonds is 8. The van der Waals surface area contributed by atoms with Gasteiger partial charge in [0.1, 0.15) is 5.75 Å². The molecule has 0 saturated carbocycles. The fraction of sp³-hybridized carbons (Fsp3) is 0.320. The molecule has 0 radical (unpaired) electrons. The molecule has 3 aromatic rings. The topological polar surface area (TPSA) is 99.0 Å². The number of aliphatic imine (C=N–C) groups is 1. The second-order valence-electron chi connectivity index (χ2n) is 7.63. The maximum absolute atomic E-state index is 13.0.